The molecule has 0 bridgehead atoms. The summed E-state index contributed by atoms with van der Waals surface area (Å²) >= 11 is 0. The molecule has 2 N–H and O–H groups in total. The van der Waals surface area contributed by atoms with Gasteiger partial charge in [0.25, 0.3) is 0 Å². The van der Waals surface area contributed by atoms with Gasteiger partial charge in [-0.15, -0.1) is 0 Å². The lowest BCUT2D eigenvalue weighted by Crippen LogP contribution is -2.38. The van der Waals surface area contributed by atoms with E-state index in [4.69, 9.17) is 0 Å². The van der Waals surface area contributed by atoms with Crippen LogP contribution in [0.4, 0.5) is 0 Å². The summed E-state index contributed by atoms with van der Waals surface area (Å²) in [6.07, 6.45) is 2.77. The molecule has 0 unspecified atom stereocenters. The van der Waals surface area contributed by atoms with E-state index in [0.717, 1.165) is 17.7 Å². The number of amides is 1. The number of benzene rings is 3. The first-order valence-corrected chi connectivity index (χ1v) is 9.64. The maximum atomic E-state index is 13.0. The van der Waals surface area contributed by atoms with Crippen LogP contribution >= 0.6 is 0 Å². The van der Waals surface area contributed by atoms with Crippen molar-refractivity contribution in [3.05, 3.63) is 114 Å². The van der Waals surface area contributed by atoms with Crippen LogP contribution in [0.1, 0.15) is 30.0 Å². The Kier molecular flexibility index (Phi) is 4.98. The number of rotatable bonds is 6. The molecular weight excluding hydrogens is 344 g/mol. The van der Waals surface area contributed by atoms with Crippen molar-refractivity contribution >= 4 is 11.6 Å². The van der Waals surface area contributed by atoms with E-state index in [9.17, 15) is 4.79 Å². The van der Waals surface area contributed by atoms with Crippen LogP contribution in [0.15, 0.2) is 97.1 Å². The molecule has 1 aliphatic carbocycles. The second kappa shape index (κ2) is 7.73. The zero-order valence-corrected chi connectivity index (χ0v) is 15.9. The van der Waals surface area contributed by atoms with Gasteiger partial charge in [-0.05, 0) is 30.0 Å². The summed E-state index contributed by atoms with van der Waals surface area (Å²) in [5.74, 6) is -0.0818. The molecule has 1 saturated carbocycles. The molecule has 28 heavy (non-hydrogen) atoms. The summed E-state index contributed by atoms with van der Waals surface area (Å²) in [6, 6.07) is 30.7. The Morgan fingerprint density at radius 2 is 1.32 bits per heavy atom. The summed E-state index contributed by atoms with van der Waals surface area (Å²) in [6.45, 7) is 1.96. The molecular formula is C25H24N2O. The number of carbonyl (C=O) groups is 1. The van der Waals surface area contributed by atoms with Crippen molar-refractivity contribution in [2.75, 3.05) is 0 Å². The molecule has 1 amide bonds. The molecule has 1 aliphatic rings. The average Bonchev–Trinajstić information content (AvgIpc) is 3.53. The minimum Gasteiger partial charge on any atom is -0.298 e. The number of allylic oxidation sites excluding steroid dienone is 1. The lowest BCUT2D eigenvalue weighted by molar-refractivity contribution is -0.123. The third-order valence-corrected chi connectivity index (χ3v) is 5.55. The predicted octanol–water partition coefficient (Wildman–Crippen LogP) is 4.67. The van der Waals surface area contributed by atoms with Crippen LogP contribution in [0, 0.1) is 5.92 Å². The Bertz CT molecular complexity index is 926. The molecule has 3 aromatic carbocycles. The van der Waals surface area contributed by atoms with Gasteiger partial charge < -0.3 is 0 Å². The average molecular weight is 368 g/mol. The van der Waals surface area contributed by atoms with Gasteiger partial charge in [0.2, 0.25) is 5.91 Å². The van der Waals surface area contributed by atoms with E-state index in [2.05, 4.69) is 35.1 Å². The van der Waals surface area contributed by atoms with Crippen LogP contribution < -0.4 is 10.9 Å². The molecule has 4 rings (SSSR count). The molecule has 0 spiro atoms. The lowest BCUT2D eigenvalue weighted by Gasteiger charge is -2.19. The molecule has 1 atom stereocenters. The Balaban J connectivity index is 1.53. The van der Waals surface area contributed by atoms with Crippen LogP contribution in [0.5, 0.6) is 0 Å². The van der Waals surface area contributed by atoms with Gasteiger partial charge in [-0.3, -0.25) is 15.6 Å². The largest absolute Gasteiger partial charge is 0.298 e. The van der Waals surface area contributed by atoms with Gasteiger partial charge in [-0.1, -0.05) is 97.1 Å². The van der Waals surface area contributed by atoms with Gasteiger partial charge in [0.05, 0.1) is 11.6 Å². The van der Waals surface area contributed by atoms with Crippen molar-refractivity contribution in [2.45, 2.75) is 18.8 Å². The van der Waals surface area contributed by atoms with Crippen molar-refractivity contribution < 1.29 is 4.79 Å². The van der Waals surface area contributed by atoms with Crippen LogP contribution in [-0.4, -0.2) is 5.91 Å². The zero-order valence-electron chi connectivity index (χ0n) is 15.9. The number of nitrogens with one attached hydrogen (secondary N) is 2. The number of hydrogen-bond donors (Lipinski definition) is 2. The lowest BCUT2D eigenvalue weighted by atomic mass is 9.85. The van der Waals surface area contributed by atoms with Crippen LogP contribution in [0.25, 0.3) is 5.70 Å². The number of hydrogen-bond acceptors (Lipinski definition) is 2. The molecule has 0 aromatic heterocycles. The Morgan fingerprint density at radius 3 is 1.82 bits per heavy atom. The van der Waals surface area contributed by atoms with Crippen LogP contribution in [0.2, 0.25) is 0 Å². The van der Waals surface area contributed by atoms with E-state index in [0.29, 0.717) is 0 Å². The molecule has 0 radical (unpaired) electrons. The topological polar surface area (TPSA) is 41.1 Å². The number of carbonyl (C=O) groups excluding carboxylic acids is 1. The quantitative estimate of drug-likeness (QED) is 0.621. The van der Waals surface area contributed by atoms with Gasteiger partial charge in [0.1, 0.15) is 0 Å². The minimum atomic E-state index is -0.253. The SMILES string of the molecule is C/C=C(\NNC(=O)[C@@H]1CC1(c1ccccc1)c1ccccc1)c1ccccc1. The third kappa shape index (κ3) is 3.31. The fourth-order valence-electron chi connectivity index (χ4n) is 4.00. The molecule has 0 aliphatic heterocycles. The fourth-order valence-corrected chi connectivity index (χ4v) is 4.00. The van der Waals surface area contributed by atoms with Gasteiger partial charge in [-0.2, -0.15) is 0 Å². The van der Waals surface area contributed by atoms with Gasteiger partial charge in [-0.25, -0.2) is 0 Å². The second-order valence-electron chi connectivity index (χ2n) is 7.14. The van der Waals surface area contributed by atoms with E-state index in [1.54, 1.807) is 0 Å². The molecule has 3 aromatic rings. The van der Waals surface area contributed by atoms with Gasteiger partial charge in [0.15, 0.2) is 0 Å². The predicted molar refractivity (Wildman–Crippen MR) is 113 cm³/mol. The number of hydrazine groups is 1. The Hall–Kier alpha value is -3.33. The highest BCUT2D eigenvalue weighted by Crippen LogP contribution is 2.58. The third-order valence-electron chi connectivity index (χ3n) is 5.55. The zero-order chi connectivity index (χ0) is 19.4. The molecule has 140 valence electrons. The van der Waals surface area contributed by atoms with E-state index in [1.807, 2.05) is 79.7 Å². The summed E-state index contributed by atoms with van der Waals surface area (Å²) in [7, 11) is 0. The van der Waals surface area contributed by atoms with Crippen LogP contribution in [-0.2, 0) is 10.2 Å². The fraction of sp³-hybridized carbons (Fsp3) is 0.160. The summed E-state index contributed by atoms with van der Waals surface area (Å²) in [4.78, 5) is 13.0. The standard InChI is InChI=1S/C25H24N2O/c1-2-23(19-12-6-3-7-13-19)26-27-24(28)22-18-25(22,20-14-8-4-9-15-20)21-16-10-5-11-17-21/h2-17,22,26H,18H2,1H3,(H,27,28)/b23-2-/t22-/m0/s1. The Labute approximate surface area is 166 Å². The highest BCUT2D eigenvalue weighted by Gasteiger charge is 2.60. The normalized spacial score (nSPS) is 17.6. The summed E-state index contributed by atoms with van der Waals surface area (Å²) in [5, 5.41) is 0. The van der Waals surface area contributed by atoms with Crippen molar-refractivity contribution in [1.29, 1.82) is 0 Å². The molecule has 0 heterocycles. The maximum absolute atomic E-state index is 13.0. The highest BCUT2D eigenvalue weighted by atomic mass is 16.2. The minimum absolute atomic E-state index is 0.0167. The van der Waals surface area contributed by atoms with Crippen LogP contribution in [0.3, 0.4) is 0 Å². The van der Waals surface area contributed by atoms with Gasteiger partial charge in [0, 0.05) is 5.41 Å². The Morgan fingerprint density at radius 1 is 0.821 bits per heavy atom. The second-order valence-corrected chi connectivity index (χ2v) is 7.14. The van der Waals surface area contributed by atoms with E-state index >= 15 is 0 Å². The maximum Gasteiger partial charge on any atom is 0.242 e. The monoisotopic (exact) mass is 368 g/mol. The summed E-state index contributed by atoms with van der Waals surface area (Å²) < 4.78 is 0. The van der Waals surface area contributed by atoms with Crippen molar-refractivity contribution in [1.82, 2.24) is 10.9 Å². The summed E-state index contributed by atoms with van der Waals surface area (Å²) in [5.41, 5.74) is 10.1. The van der Waals surface area contributed by atoms with E-state index in [-0.39, 0.29) is 17.2 Å². The first kappa shape index (κ1) is 18.1. The van der Waals surface area contributed by atoms with E-state index < -0.39 is 0 Å². The van der Waals surface area contributed by atoms with Crippen molar-refractivity contribution in [2.24, 2.45) is 5.92 Å². The van der Waals surface area contributed by atoms with Crippen molar-refractivity contribution in [3.63, 3.8) is 0 Å². The van der Waals surface area contributed by atoms with Gasteiger partial charge >= 0.3 is 0 Å². The first-order valence-electron chi connectivity index (χ1n) is 9.64. The molecule has 3 heteroatoms. The van der Waals surface area contributed by atoms with Crippen molar-refractivity contribution in [3.8, 4) is 0 Å². The molecule has 1 fully saturated rings. The molecule has 3 nitrogen and oxygen atoms in total. The van der Waals surface area contributed by atoms with E-state index in [1.165, 1.54) is 11.1 Å². The molecule has 0 saturated heterocycles. The first-order chi connectivity index (χ1) is 13.8. The smallest absolute Gasteiger partial charge is 0.242 e. The highest BCUT2D eigenvalue weighted by molar-refractivity contribution is 5.86.